The molecule has 0 N–H and O–H groups in total. The van der Waals surface area contributed by atoms with Crippen molar-refractivity contribution in [3.63, 3.8) is 0 Å². The number of aryl methyl sites for hydroxylation is 1. The summed E-state index contributed by atoms with van der Waals surface area (Å²) in [6, 6.07) is 14.2. The normalized spacial score (nSPS) is 17.9. The van der Waals surface area contributed by atoms with Crippen LogP contribution in [0.1, 0.15) is 40.0 Å². The lowest BCUT2D eigenvalue weighted by molar-refractivity contribution is 0.103. The third-order valence-corrected chi connectivity index (χ3v) is 6.39. The Balaban J connectivity index is 1.79. The Bertz CT molecular complexity index is 1040. The lowest BCUT2D eigenvalue weighted by atomic mass is 9.98. The van der Waals surface area contributed by atoms with Crippen LogP contribution in [0.5, 0.6) is 0 Å². The number of rotatable bonds is 4. The summed E-state index contributed by atoms with van der Waals surface area (Å²) in [7, 11) is 2.20. The Kier molecular flexibility index (Phi) is 5.35. The highest BCUT2D eigenvalue weighted by atomic mass is 32.1. The molecule has 146 valence electrons. The number of hydrogen-bond donors (Lipinski definition) is 1. The number of ketones is 1. The van der Waals surface area contributed by atoms with Gasteiger partial charge in [0.1, 0.15) is 0 Å². The predicted molar refractivity (Wildman–Crippen MR) is 119 cm³/mol. The topological polar surface area (TPSA) is 25.2 Å². The zero-order valence-corrected chi connectivity index (χ0v) is 17.8. The second kappa shape index (κ2) is 7.76. The van der Waals surface area contributed by atoms with Gasteiger partial charge < -0.3 is 9.47 Å². The number of piperidine rings is 1. The van der Waals surface area contributed by atoms with Crippen molar-refractivity contribution in [3.05, 3.63) is 64.8 Å². The van der Waals surface area contributed by atoms with E-state index in [0.29, 0.717) is 11.5 Å². The smallest absolute Gasteiger partial charge is 0.196 e. The summed E-state index contributed by atoms with van der Waals surface area (Å²) in [6.45, 7) is 7.38. The Labute approximate surface area is 172 Å². The molecule has 0 saturated carbocycles. The van der Waals surface area contributed by atoms with Crippen LogP contribution in [0.4, 0.5) is 0 Å². The van der Waals surface area contributed by atoms with Crippen LogP contribution in [0, 0.1) is 19.8 Å². The fourth-order valence-electron chi connectivity index (χ4n) is 4.60. The molecule has 0 bridgehead atoms. The van der Waals surface area contributed by atoms with E-state index in [9.17, 15) is 4.79 Å². The summed E-state index contributed by atoms with van der Waals surface area (Å²) in [4.78, 5) is 16.7. The Hall–Kier alpha value is -2.04. The van der Waals surface area contributed by atoms with Gasteiger partial charge in [-0.2, -0.15) is 0 Å². The zero-order chi connectivity index (χ0) is 19.8. The maximum absolute atomic E-state index is 13.5. The van der Waals surface area contributed by atoms with Crippen molar-refractivity contribution in [1.82, 2.24) is 9.47 Å². The van der Waals surface area contributed by atoms with Gasteiger partial charge in [-0.15, -0.1) is 12.6 Å². The van der Waals surface area contributed by atoms with Crippen molar-refractivity contribution in [1.29, 1.82) is 0 Å². The van der Waals surface area contributed by atoms with Gasteiger partial charge in [-0.05, 0) is 70.0 Å². The molecule has 1 unspecified atom stereocenters. The van der Waals surface area contributed by atoms with Gasteiger partial charge in [0.05, 0.1) is 5.56 Å². The van der Waals surface area contributed by atoms with Gasteiger partial charge in [-0.3, -0.25) is 4.79 Å². The first kappa shape index (κ1) is 19.3. The summed E-state index contributed by atoms with van der Waals surface area (Å²) < 4.78 is 2.36. The number of para-hydroxylation sites is 1. The maximum Gasteiger partial charge on any atom is 0.196 e. The molecule has 3 aromatic rings. The summed E-state index contributed by atoms with van der Waals surface area (Å²) in [5.41, 5.74) is 4.83. The van der Waals surface area contributed by atoms with Crippen LogP contribution in [-0.4, -0.2) is 35.4 Å². The van der Waals surface area contributed by atoms with Crippen LogP contribution in [0.3, 0.4) is 0 Å². The molecule has 2 aromatic carbocycles. The number of carbonyl (C=O) groups excluding carboxylic acids is 1. The molecule has 1 saturated heterocycles. The van der Waals surface area contributed by atoms with Crippen LogP contribution < -0.4 is 0 Å². The Morgan fingerprint density at radius 2 is 1.96 bits per heavy atom. The van der Waals surface area contributed by atoms with Gasteiger partial charge in [0, 0.05) is 40.1 Å². The molecule has 0 spiro atoms. The first-order valence-electron chi connectivity index (χ1n) is 10.1. The van der Waals surface area contributed by atoms with Gasteiger partial charge >= 0.3 is 0 Å². The second-order valence-electron chi connectivity index (χ2n) is 8.21. The van der Waals surface area contributed by atoms with E-state index in [4.69, 9.17) is 0 Å². The fourth-order valence-corrected chi connectivity index (χ4v) is 4.98. The average Bonchev–Trinajstić information content (AvgIpc) is 2.93. The van der Waals surface area contributed by atoms with E-state index >= 15 is 0 Å². The Morgan fingerprint density at radius 3 is 2.71 bits per heavy atom. The van der Waals surface area contributed by atoms with E-state index in [1.54, 1.807) is 0 Å². The molecule has 0 aliphatic carbocycles. The number of thiol groups is 1. The number of aromatic nitrogens is 1. The number of likely N-dealkylation sites (tertiary alicyclic amines) is 1. The number of benzene rings is 2. The summed E-state index contributed by atoms with van der Waals surface area (Å²) in [5.74, 6) is 0.689. The first-order chi connectivity index (χ1) is 13.5. The molecule has 1 aromatic heterocycles. The average molecular weight is 393 g/mol. The van der Waals surface area contributed by atoms with Crippen LogP contribution in [0.25, 0.3) is 10.9 Å². The molecular weight excluding hydrogens is 364 g/mol. The molecule has 2 heterocycles. The number of carbonyl (C=O) groups is 1. The van der Waals surface area contributed by atoms with E-state index in [2.05, 4.69) is 54.3 Å². The van der Waals surface area contributed by atoms with Crippen molar-refractivity contribution in [3.8, 4) is 0 Å². The van der Waals surface area contributed by atoms with Crippen LogP contribution >= 0.6 is 12.6 Å². The molecule has 1 fully saturated rings. The molecule has 1 aliphatic heterocycles. The fraction of sp³-hybridized carbons (Fsp3) is 0.375. The molecule has 3 nitrogen and oxygen atoms in total. The number of fused-ring (bicyclic) bond motifs is 1. The molecule has 0 radical (unpaired) electrons. The van der Waals surface area contributed by atoms with Crippen molar-refractivity contribution in [2.75, 3.05) is 20.1 Å². The van der Waals surface area contributed by atoms with Crippen molar-refractivity contribution in [2.24, 2.45) is 5.92 Å². The molecule has 4 heteroatoms. The number of hydrogen-bond acceptors (Lipinski definition) is 3. The molecule has 1 aliphatic rings. The van der Waals surface area contributed by atoms with E-state index in [-0.39, 0.29) is 5.78 Å². The lowest BCUT2D eigenvalue weighted by Gasteiger charge is -2.30. The van der Waals surface area contributed by atoms with Gasteiger partial charge in [0.25, 0.3) is 0 Å². The highest BCUT2D eigenvalue weighted by Gasteiger charge is 2.25. The summed E-state index contributed by atoms with van der Waals surface area (Å²) in [5, 5.41) is 1.04. The van der Waals surface area contributed by atoms with Crippen LogP contribution in [0.15, 0.2) is 47.4 Å². The number of nitrogens with zero attached hydrogens (tertiary/aromatic N) is 2. The van der Waals surface area contributed by atoms with E-state index in [0.717, 1.165) is 45.7 Å². The molecular formula is C24H28N2OS. The monoisotopic (exact) mass is 392 g/mol. The highest BCUT2D eigenvalue weighted by molar-refractivity contribution is 7.80. The van der Waals surface area contributed by atoms with Crippen LogP contribution in [-0.2, 0) is 6.54 Å². The van der Waals surface area contributed by atoms with E-state index < -0.39 is 0 Å². The first-order valence-corrected chi connectivity index (χ1v) is 10.5. The largest absolute Gasteiger partial charge is 0.344 e. The third-order valence-electron chi connectivity index (χ3n) is 6.02. The second-order valence-corrected chi connectivity index (χ2v) is 8.69. The van der Waals surface area contributed by atoms with Crippen molar-refractivity contribution >= 4 is 29.3 Å². The summed E-state index contributed by atoms with van der Waals surface area (Å²) >= 11 is 4.58. The molecule has 1 atom stereocenters. The minimum Gasteiger partial charge on any atom is -0.344 e. The standard InChI is InChI=1S/C24H28N2OS/c1-16-10-11-20(22(28)13-16)24(27)23-17(2)26(21-9-5-4-8-19(21)23)15-18-7-6-12-25(3)14-18/h4-5,8-11,13,18,28H,6-7,12,14-15H2,1-3H3. The summed E-state index contributed by atoms with van der Waals surface area (Å²) in [6.07, 6.45) is 2.50. The lowest BCUT2D eigenvalue weighted by Crippen LogP contribution is -2.34. The minimum absolute atomic E-state index is 0.0678. The molecule has 28 heavy (non-hydrogen) atoms. The zero-order valence-electron chi connectivity index (χ0n) is 16.9. The van der Waals surface area contributed by atoms with Gasteiger partial charge in [-0.25, -0.2) is 0 Å². The van der Waals surface area contributed by atoms with E-state index in [1.165, 1.54) is 19.4 Å². The minimum atomic E-state index is 0.0678. The van der Waals surface area contributed by atoms with Gasteiger partial charge in [0.15, 0.2) is 5.78 Å². The molecule has 0 amide bonds. The van der Waals surface area contributed by atoms with E-state index in [1.807, 2.05) is 31.2 Å². The van der Waals surface area contributed by atoms with Crippen molar-refractivity contribution < 1.29 is 4.79 Å². The van der Waals surface area contributed by atoms with Gasteiger partial charge in [-0.1, -0.05) is 24.3 Å². The molecule has 4 rings (SSSR count). The van der Waals surface area contributed by atoms with Crippen LogP contribution in [0.2, 0.25) is 0 Å². The highest BCUT2D eigenvalue weighted by Crippen LogP contribution is 2.31. The maximum atomic E-state index is 13.5. The Morgan fingerprint density at radius 1 is 1.18 bits per heavy atom. The van der Waals surface area contributed by atoms with Crippen molar-refractivity contribution in [2.45, 2.75) is 38.1 Å². The third kappa shape index (κ3) is 3.51. The SMILES string of the molecule is Cc1ccc(C(=O)c2c(C)n(CC3CCCN(C)C3)c3ccccc23)c(S)c1. The predicted octanol–water partition coefficient (Wildman–Crippen LogP) is 5.12. The van der Waals surface area contributed by atoms with Gasteiger partial charge in [0.2, 0.25) is 0 Å². The quantitative estimate of drug-likeness (QED) is 0.492.